The van der Waals surface area contributed by atoms with Crippen LogP contribution in [0.15, 0.2) is 6.07 Å². The van der Waals surface area contributed by atoms with E-state index < -0.39 is 0 Å². The van der Waals surface area contributed by atoms with Crippen molar-refractivity contribution in [1.82, 2.24) is 9.97 Å². The summed E-state index contributed by atoms with van der Waals surface area (Å²) in [5, 5.41) is 0.327. The molecule has 0 fully saturated rings. The predicted molar refractivity (Wildman–Crippen MR) is 53.8 cm³/mol. The summed E-state index contributed by atoms with van der Waals surface area (Å²) >= 11 is 5.54. The number of nitrogen functional groups attached to an aromatic ring is 1. The summed E-state index contributed by atoms with van der Waals surface area (Å²) in [7, 11) is 0. The number of hydrogen-bond acceptors (Lipinski definition) is 4. The first-order valence-electron chi connectivity index (χ1n) is 2.71. The Balaban J connectivity index is 0. The summed E-state index contributed by atoms with van der Waals surface area (Å²) in [6.45, 7) is 0.326. The summed E-state index contributed by atoms with van der Waals surface area (Å²) in [4.78, 5) is 7.47. The van der Waals surface area contributed by atoms with E-state index in [1.807, 2.05) is 0 Å². The maximum Gasteiger partial charge on any atom is 0.221 e. The number of hydrogen-bond donors (Lipinski definition) is 2. The van der Waals surface area contributed by atoms with Gasteiger partial charge in [0.15, 0.2) is 0 Å². The maximum absolute atomic E-state index is 5.54. The molecule has 70 valence electrons. The van der Waals surface area contributed by atoms with E-state index in [-0.39, 0.29) is 30.8 Å². The van der Waals surface area contributed by atoms with Crippen molar-refractivity contribution in [3.63, 3.8) is 0 Å². The van der Waals surface area contributed by atoms with Gasteiger partial charge in [0.05, 0.1) is 5.69 Å². The number of anilines is 1. The van der Waals surface area contributed by atoms with Gasteiger partial charge in [-0.15, -0.1) is 24.8 Å². The zero-order chi connectivity index (χ0) is 7.56. The standard InChI is InChI=1S/C5H7ClN4.2ClH/c6-4-1-3(2-7)9-5(8)10-4;;/h1H,2,7H2,(H2,8,9,10);2*1H. The Kier molecular flexibility index (Phi) is 7.42. The van der Waals surface area contributed by atoms with Crippen LogP contribution in [0.1, 0.15) is 5.69 Å². The van der Waals surface area contributed by atoms with Crippen LogP contribution in [-0.4, -0.2) is 9.97 Å². The third kappa shape index (κ3) is 3.92. The molecule has 0 aromatic carbocycles. The molecule has 0 saturated carbocycles. The second-order valence-corrected chi connectivity index (χ2v) is 2.13. The predicted octanol–water partition coefficient (Wildman–Crippen LogP) is 1.01. The molecule has 7 heteroatoms. The molecule has 0 amide bonds. The van der Waals surface area contributed by atoms with E-state index in [1.165, 1.54) is 0 Å². The molecule has 0 spiro atoms. The van der Waals surface area contributed by atoms with Crippen molar-refractivity contribution in [2.45, 2.75) is 6.54 Å². The molecule has 0 radical (unpaired) electrons. The van der Waals surface area contributed by atoms with Gasteiger partial charge in [-0.2, -0.15) is 0 Å². The Labute approximate surface area is 87.5 Å². The van der Waals surface area contributed by atoms with Crippen molar-refractivity contribution in [2.24, 2.45) is 5.73 Å². The Hall–Kier alpha value is -0.290. The van der Waals surface area contributed by atoms with Gasteiger partial charge in [-0.05, 0) is 6.07 Å². The number of rotatable bonds is 1. The number of nitrogens with zero attached hydrogens (tertiary/aromatic N) is 2. The third-order valence-electron chi connectivity index (χ3n) is 0.974. The van der Waals surface area contributed by atoms with E-state index in [0.29, 0.717) is 17.4 Å². The summed E-state index contributed by atoms with van der Waals surface area (Å²) in [6, 6.07) is 1.58. The SMILES string of the molecule is Cl.Cl.NCc1cc(Cl)nc(N)n1. The highest BCUT2D eigenvalue weighted by Crippen LogP contribution is 2.06. The largest absolute Gasteiger partial charge is 0.368 e. The van der Waals surface area contributed by atoms with E-state index >= 15 is 0 Å². The van der Waals surface area contributed by atoms with E-state index in [9.17, 15) is 0 Å². The lowest BCUT2D eigenvalue weighted by atomic mass is 10.4. The minimum absolute atomic E-state index is 0. The van der Waals surface area contributed by atoms with Gasteiger partial charge < -0.3 is 11.5 Å². The van der Waals surface area contributed by atoms with Crippen LogP contribution >= 0.6 is 36.4 Å². The molecule has 0 bridgehead atoms. The number of nitrogens with two attached hydrogens (primary N) is 2. The van der Waals surface area contributed by atoms with Gasteiger partial charge >= 0.3 is 0 Å². The topological polar surface area (TPSA) is 77.8 Å². The minimum Gasteiger partial charge on any atom is -0.368 e. The van der Waals surface area contributed by atoms with Crippen LogP contribution in [0.5, 0.6) is 0 Å². The summed E-state index contributed by atoms with van der Waals surface area (Å²) in [6.07, 6.45) is 0. The molecule has 4 nitrogen and oxygen atoms in total. The number of aromatic nitrogens is 2. The molecule has 12 heavy (non-hydrogen) atoms. The first-order chi connectivity index (χ1) is 4.72. The van der Waals surface area contributed by atoms with E-state index in [0.717, 1.165) is 0 Å². The molecule has 4 N–H and O–H groups in total. The summed E-state index contributed by atoms with van der Waals surface area (Å²) in [5.74, 6) is 0.160. The summed E-state index contributed by atoms with van der Waals surface area (Å²) in [5.41, 5.74) is 11.2. The van der Waals surface area contributed by atoms with Gasteiger partial charge in [0.1, 0.15) is 5.15 Å². The molecule has 1 aromatic rings. The van der Waals surface area contributed by atoms with Crippen LogP contribution in [0.25, 0.3) is 0 Å². The quantitative estimate of drug-likeness (QED) is 0.707. The van der Waals surface area contributed by atoms with Crippen LogP contribution in [0.2, 0.25) is 5.15 Å². The third-order valence-corrected chi connectivity index (χ3v) is 1.17. The highest BCUT2D eigenvalue weighted by Gasteiger charge is 1.96. The van der Waals surface area contributed by atoms with Crippen LogP contribution in [-0.2, 0) is 6.54 Å². The molecule has 0 unspecified atom stereocenters. The fourth-order valence-corrected chi connectivity index (χ4v) is 0.801. The Morgan fingerprint density at radius 1 is 1.33 bits per heavy atom. The molecule has 1 rings (SSSR count). The van der Waals surface area contributed by atoms with Crippen molar-refractivity contribution >= 4 is 42.4 Å². The first-order valence-corrected chi connectivity index (χ1v) is 3.09. The molecule has 1 heterocycles. The van der Waals surface area contributed by atoms with E-state index in [4.69, 9.17) is 23.1 Å². The average molecular weight is 232 g/mol. The smallest absolute Gasteiger partial charge is 0.221 e. The average Bonchev–Trinajstić information content (AvgIpc) is 1.85. The summed E-state index contributed by atoms with van der Waals surface area (Å²) < 4.78 is 0. The molecule has 0 atom stereocenters. The minimum atomic E-state index is 0. The van der Waals surface area contributed by atoms with Crippen LogP contribution in [0.4, 0.5) is 5.95 Å². The lowest BCUT2D eigenvalue weighted by Crippen LogP contribution is -2.03. The first kappa shape index (κ1) is 14.2. The molecule has 0 aliphatic heterocycles. The van der Waals surface area contributed by atoms with Crippen molar-refractivity contribution in [3.8, 4) is 0 Å². The molecule has 0 aliphatic carbocycles. The molecular formula is C5H9Cl3N4. The molecule has 0 aliphatic rings. The maximum atomic E-state index is 5.54. The number of halogens is 3. The van der Waals surface area contributed by atoms with Crippen LogP contribution in [0, 0.1) is 0 Å². The second-order valence-electron chi connectivity index (χ2n) is 1.74. The highest BCUT2D eigenvalue weighted by molar-refractivity contribution is 6.29. The highest BCUT2D eigenvalue weighted by atomic mass is 35.5. The van der Waals surface area contributed by atoms with Gasteiger partial charge in [0.25, 0.3) is 0 Å². The normalized spacial score (nSPS) is 8.17. The molecular weight excluding hydrogens is 222 g/mol. The van der Waals surface area contributed by atoms with Gasteiger partial charge in [-0.3, -0.25) is 0 Å². The van der Waals surface area contributed by atoms with Crippen LogP contribution < -0.4 is 11.5 Å². The lowest BCUT2D eigenvalue weighted by molar-refractivity contribution is 0.972. The van der Waals surface area contributed by atoms with Gasteiger partial charge in [0, 0.05) is 6.54 Å². The van der Waals surface area contributed by atoms with Gasteiger partial charge in [-0.1, -0.05) is 11.6 Å². The van der Waals surface area contributed by atoms with Crippen molar-refractivity contribution < 1.29 is 0 Å². The van der Waals surface area contributed by atoms with Gasteiger partial charge in [-0.25, -0.2) is 9.97 Å². The Morgan fingerprint density at radius 3 is 2.33 bits per heavy atom. The van der Waals surface area contributed by atoms with Crippen molar-refractivity contribution in [2.75, 3.05) is 5.73 Å². The Morgan fingerprint density at radius 2 is 1.92 bits per heavy atom. The fraction of sp³-hybridized carbons (Fsp3) is 0.200. The van der Waals surface area contributed by atoms with Crippen LogP contribution in [0.3, 0.4) is 0 Å². The monoisotopic (exact) mass is 230 g/mol. The van der Waals surface area contributed by atoms with Gasteiger partial charge in [0.2, 0.25) is 5.95 Å². The fourth-order valence-electron chi connectivity index (χ4n) is 0.588. The lowest BCUT2D eigenvalue weighted by Gasteiger charge is -1.96. The molecule has 0 saturated heterocycles. The van der Waals surface area contributed by atoms with E-state index in [1.54, 1.807) is 6.07 Å². The zero-order valence-electron chi connectivity index (χ0n) is 6.03. The molecule has 1 aromatic heterocycles. The van der Waals surface area contributed by atoms with E-state index in [2.05, 4.69) is 9.97 Å². The zero-order valence-corrected chi connectivity index (χ0v) is 8.42. The van der Waals surface area contributed by atoms with Crippen molar-refractivity contribution in [1.29, 1.82) is 0 Å². The van der Waals surface area contributed by atoms with Crippen molar-refractivity contribution in [3.05, 3.63) is 16.9 Å². The second kappa shape index (κ2) is 6.25. The Bertz CT molecular complexity index is 222.